The maximum Gasteiger partial charge on any atom is 0.427 e. The summed E-state index contributed by atoms with van der Waals surface area (Å²) in [5.41, 5.74) is -3.91. The van der Waals surface area contributed by atoms with Crippen molar-refractivity contribution in [2.45, 2.75) is 31.1 Å². The molecular formula is C19H15F4N5O2. The first kappa shape index (κ1) is 19.8. The van der Waals surface area contributed by atoms with E-state index in [-0.39, 0.29) is 29.5 Å². The number of carbonyl (C=O) groups is 2. The van der Waals surface area contributed by atoms with Crippen LogP contribution in [0.15, 0.2) is 24.5 Å². The number of H-pyrrole nitrogens is 1. The molecule has 2 aromatic rings. The van der Waals surface area contributed by atoms with Crippen LogP contribution in [0.5, 0.6) is 0 Å². The number of nitrogens with zero attached hydrogens (tertiary/aromatic N) is 1. The van der Waals surface area contributed by atoms with Crippen molar-refractivity contribution in [2.75, 3.05) is 5.32 Å². The molecule has 0 spiro atoms. The minimum absolute atomic E-state index is 0.00249. The maximum absolute atomic E-state index is 14.7. The minimum Gasteiger partial charge on any atom is -0.345 e. The molecule has 3 amide bonds. The van der Waals surface area contributed by atoms with E-state index in [2.05, 4.69) is 32.4 Å². The Morgan fingerprint density at radius 1 is 1.33 bits per heavy atom. The van der Waals surface area contributed by atoms with Crippen LogP contribution < -0.4 is 16.0 Å². The first-order valence-corrected chi connectivity index (χ1v) is 8.98. The second kappa shape index (κ2) is 7.05. The fraction of sp³-hybridized carbons (Fsp3) is 0.316. The van der Waals surface area contributed by atoms with Crippen molar-refractivity contribution in [3.05, 3.63) is 47.3 Å². The Morgan fingerprint density at radius 2 is 2.10 bits per heavy atom. The molecular weight excluding hydrogens is 406 g/mol. The SMILES string of the molecule is O=C1Nc2cc(CNC(=O)c3ncc[nH]3)c(F)cc2[C@@](C#CC2CC2)(C(F)(F)F)N1. The van der Waals surface area contributed by atoms with Gasteiger partial charge in [-0.25, -0.2) is 14.2 Å². The van der Waals surface area contributed by atoms with E-state index in [0.717, 1.165) is 6.07 Å². The van der Waals surface area contributed by atoms with Gasteiger partial charge in [0.15, 0.2) is 5.82 Å². The first-order chi connectivity index (χ1) is 14.2. The highest BCUT2D eigenvalue weighted by Crippen LogP contribution is 2.45. The number of hydrogen-bond acceptors (Lipinski definition) is 3. The molecule has 1 aromatic carbocycles. The zero-order valence-corrected chi connectivity index (χ0v) is 15.3. The van der Waals surface area contributed by atoms with Crippen molar-refractivity contribution < 1.29 is 27.2 Å². The van der Waals surface area contributed by atoms with Gasteiger partial charge in [0.2, 0.25) is 5.54 Å². The number of benzene rings is 1. The Bertz CT molecular complexity index is 1070. The molecule has 1 saturated carbocycles. The molecule has 4 rings (SSSR count). The van der Waals surface area contributed by atoms with Gasteiger partial charge >= 0.3 is 12.2 Å². The lowest BCUT2D eigenvalue weighted by atomic mass is 9.85. The number of hydrogen-bond donors (Lipinski definition) is 4. The third-order valence-corrected chi connectivity index (χ3v) is 4.76. The number of halogens is 4. The van der Waals surface area contributed by atoms with Crippen molar-refractivity contribution in [1.29, 1.82) is 0 Å². The van der Waals surface area contributed by atoms with E-state index in [1.54, 1.807) is 0 Å². The van der Waals surface area contributed by atoms with Crippen molar-refractivity contribution in [1.82, 2.24) is 20.6 Å². The quantitative estimate of drug-likeness (QED) is 0.453. The molecule has 30 heavy (non-hydrogen) atoms. The summed E-state index contributed by atoms with van der Waals surface area (Å²) >= 11 is 0. The normalized spacial score (nSPS) is 20.3. The smallest absolute Gasteiger partial charge is 0.345 e. The molecule has 11 heteroatoms. The minimum atomic E-state index is -4.98. The number of amides is 3. The van der Waals surface area contributed by atoms with Crippen LogP contribution >= 0.6 is 0 Å². The predicted octanol–water partition coefficient (Wildman–Crippen LogP) is 2.78. The molecule has 1 fully saturated rings. The average Bonchev–Trinajstić information content (AvgIpc) is 3.34. The Balaban J connectivity index is 1.70. The summed E-state index contributed by atoms with van der Waals surface area (Å²) in [5.74, 6) is 2.90. The van der Waals surface area contributed by atoms with Crippen LogP contribution in [0.3, 0.4) is 0 Å². The van der Waals surface area contributed by atoms with E-state index in [0.29, 0.717) is 18.9 Å². The van der Waals surface area contributed by atoms with Gasteiger partial charge in [-0.1, -0.05) is 11.8 Å². The zero-order chi connectivity index (χ0) is 21.5. The highest BCUT2D eigenvalue weighted by molar-refractivity contribution is 5.95. The van der Waals surface area contributed by atoms with Crippen LogP contribution in [0.25, 0.3) is 0 Å². The number of alkyl halides is 3. The molecule has 1 aliphatic carbocycles. The molecule has 0 bridgehead atoms. The molecule has 0 radical (unpaired) electrons. The van der Waals surface area contributed by atoms with Gasteiger partial charge in [0.1, 0.15) is 5.82 Å². The second-order valence-corrected chi connectivity index (χ2v) is 6.98. The molecule has 1 aliphatic heterocycles. The molecule has 156 valence electrons. The van der Waals surface area contributed by atoms with E-state index < -0.39 is 35.0 Å². The van der Waals surface area contributed by atoms with E-state index >= 15 is 0 Å². The van der Waals surface area contributed by atoms with Gasteiger partial charge in [-0.05, 0) is 25.0 Å². The molecule has 7 nitrogen and oxygen atoms in total. The van der Waals surface area contributed by atoms with Crippen LogP contribution in [0.2, 0.25) is 0 Å². The van der Waals surface area contributed by atoms with Crippen LogP contribution in [0.4, 0.5) is 28.0 Å². The number of urea groups is 1. The Labute approximate surface area is 167 Å². The molecule has 2 heterocycles. The largest absolute Gasteiger partial charge is 0.427 e. The van der Waals surface area contributed by atoms with E-state index in [4.69, 9.17) is 0 Å². The van der Waals surface area contributed by atoms with Gasteiger partial charge in [-0.15, -0.1) is 0 Å². The number of aromatic amines is 1. The monoisotopic (exact) mass is 421 g/mol. The van der Waals surface area contributed by atoms with Crippen LogP contribution in [-0.2, 0) is 12.1 Å². The molecule has 2 aliphatic rings. The number of anilines is 1. The van der Waals surface area contributed by atoms with Crippen LogP contribution in [0.1, 0.15) is 34.6 Å². The number of rotatable bonds is 3. The second-order valence-electron chi connectivity index (χ2n) is 6.98. The number of fused-ring (bicyclic) bond motifs is 1. The van der Waals surface area contributed by atoms with E-state index in [1.807, 2.05) is 5.32 Å². The van der Waals surface area contributed by atoms with Crippen LogP contribution in [-0.4, -0.2) is 28.1 Å². The Hall–Kier alpha value is -3.55. The summed E-state index contributed by atoms with van der Waals surface area (Å²) in [6.45, 7) is -0.325. The predicted molar refractivity (Wildman–Crippen MR) is 96.5 cm³/mol. The summed E-state index contributed by atoms with van der Waals surface area (Å²) < 4.78 is 56.8. The lowest BCUT2D eigenvalue weighted by molar-refractivity contribution is -0.178. The molecule has 1 atom stereocenters. The van der Waals surface area contributed by atoms with Crippen molar-refractivity contribution in [3.8, 4) is 11.8 Å². The topological polar surface area (TPSA) is 98.9 Å². The van der Waals surface area contributed by atoms with Crippen molar-refractivity contribution in [3.63, 3.8) is 0 Å². The van der Waals surface area contributed by atoms with Gasteiger partial charge in [-0.3, -0.25) is 4.79 Å². The number of carbonyl (C=O) groups excluding carboxylic acids is 2. The third-order valence-electron chi connectivity index (χ3n) is 4.76. The fourth-order valence-corrected chi connectivity index (χ4v) is 3.04. The van der Waals surface area contributed by atoms with Gasteiger partial charge in [-0.2, -0.15) is 13.2 Å². The zero-order valence-electron chi connectivity index (χ0n) is 15.3. The van der Waals surface area contributed by atoms with Gasteiger partial charge in [0.25, 0.3) is 5.91 Å². The fourth-order valence-electron chi connectivity index (χ4n) is 3.04. The lowest BCUT2D eigenvalue weighted by Gasteiger charge is -2.37. The number of nitrogens with one attached hydrogen (secondary N) is 4. The summed E-state index contributed by atoms with van der Waals surface area (Å²) in [6, 6.07) is 0.637. The summed E-state index contributed by atoms with van der Waals surface area (Å²) in [5, 5.41) is 6.49. The first-order valence-electron chi connectivity index (χ1n) is 8.98. The summed E-state index contributed by atoms with van der Waals surface area (Å²) in [7, 11) is 0. The maximum atomic E-state index is 14.7. The van der Waals surface area contributed by atoms with E-state index in [9.17, 15) is 27.2 Å². The molecule has 0 unspecified atom stereocenters. The highest BCUT2D eigenvalue weighted by Gasteiger charge is 2.59. The van der Waals surface area contributed by atoms with Crippen molar-refractivity contribution >= 4 is 17.6 Å². The molecule has 0 saturated heterocycles. The standard InChI is InChI=1S/C19H15F4N5O2/c20-13-8-12-14(7-11(13)9-26-16(29)15-24-5-6-25-15)27-17(30)28-18(12,19(21,22)23)4-3-10-1-2-10/h5-8,10H,1-2,9H2,(H,24,25)(H,26,29)(H2,27,28,30)/t18-/m0/s1. The molecule has 4 N–H and O–H groups in total. The van der Waals surface area contributed by atoms with Crippen LogP contribution in [0, 0.1) is 23.6 Å². The summed E-state index contributed by atoms with van der Waals surface area (Å²) in [4.78, 5) is 30.3. The van der Waals surface area contributed by atoms with Gasteiger partial charge in [0, 0.05) is 41.7 Å². The summed E-state index contributed by atoms with van der Waals surface area (Å²) in [6.07, 6.45) is -0.833. The third kappa shape index (κ3) is 3.56. The number of aromatic nitrogens is 2. The van der Waals surface area contributed by atoms with Gasteiger partial charge in [0.05, 0.1) is 0 Å². The molecule has 1 aromatic heterocycles. The Morgan fingerprint density at radius 3 is 2.73 bits per heavy atom. The highest BCUT2D eigenvalue weighted by atomic mass is 19.4. The number of imidazole rings is 1. The lowest BCUT2D eigenvalue weighted by Crippen LogP contribution is -2.59. The van der Waals surface area contributed by atoms with E-state index in [1.165, 1.54) is 12.4 Å². The Kier molecular flexibility index (Phi) is 4.64. The average molecular weight is 421 g/mol. The van der Waals surface area contributed by atoms with Crippen molar-refractivity contribution in [2.24, 2.45) is 5.92 Å². The van der Waals surface area contributed by atoms with Gasteiger partial charge < -0.3 is 20.9 Å².